The van der Waals surface area contributed by atoms with Gasteiger partial charge in [-0.05, 0) is 31.9 Å². The summed E-state index contributed by atoms with van der Waals surface area (Å²) < 4.78 is 0. The number of rotatable bonds is 3. The largest absolute Gasteiger partial charge is 0.325 e. The third kappa shape index (κ3) is 2.37. The average Bonchev–Trinajstić information content (AvgIpc) is 3.30. The third-order valence-corrected chi connectivity index (χ3v) is 3.47. The molecular weight excluding hydrogens is 270 g/mol. The number of allylic oxidation sites excluding steroid dienone is 3. The van der Waals surface area contributed by atoms with Crippen molar-refractivity contribution >= 4 is 12.4 Å². The number of aromatic amines is 2. The van der Waals surface area contributed by atoms with E-state index in [1.807, 2.05) is 19.1 Å². The number of hydrazone groups is 1. The van der Waals surface area contributed by atoms with Gasteiger partial charge >= 0.3 is 5.69 Å². The van der Waals surface area contributed by atoms with Crippen LogP contribution >= 0.6 is 0 Å². The van der Waals surface area contributed by atoms with Gasteiger partial charge in [0, 0.05) is 24.5 Å². The van der Waals surface area contributed by atoms with Crippen molar-refractivity contribution in [2.24, 2.45) is 16.0 Å². The van der Waals surface area contributed by atoms with Crippen molar-refractivity contribution in [1.82, 2.24) is 15.0 Å². The Balaban J connectivity index is 2.13. The van der Waals surface area contributed by atoms with Crippen molar-refractivity contribution in [3.8, 4) is 0 Å². The number of hydrogen-bond acceptors (Lipinski definition) is 5. The molecule has 0 radical (unpaired) electrons. The first-order valence-electron chi connectivity index (χ1n) is 6.69. The van der Waals surface area contributed by atoms with Gasteiger partial charge in [-0.3, -0.25) is 9.78 Å². The minimum absolute atomic E-state index is 0.329. The van der Waals surface area contributed by atoms with Crippen LogP contribution < -0.4 is 11.2 Å². The highest BCUT2D eigenvalue weighted by Gasteiger charge is 2.33. The van der Waals surface area contributed by atoms with Crippen LogP contribution in [0.2, 0.25) is 0 Å². The van der Waals surface area contributed by atoms with Gasteiger partial charge in [-0.25, -0.2) is 14.8 Å². The number of nitrogens with zero attached hydrogens (tertiary/aromatic N) is 3. The molecule has 1 fully saturated rings. The molecule has 0 unspecified atom stereocenters. The van der Waals surface area contributed by atoms with Gasteiger partial charge in [-0.15, -0.1) is 0 Å². The smallest absolute Gasteiger partial charge is 0.313 e. The van der Waals surface area contributed by atoms with Crippen LogP contribution in [0.25, 0.3) is 0 Å². The minimum Gasteiger partial charge on any atom is -0.313 e. The lowest BCUT2D eigenvalue weighted by Gasteiger charge is -2.26. The summed E-state index contributed by atoms with van der Waals surface area (Å²) in [5, 5.41) is 5.70. The topological polar surface area (TPSA) is 93.7 Å². The molecule has 0 amide bonds. The van der Waals surface area contributed by atoms with Crippen LogP contribution in [0.4, 0.5) is 0 Å². The summed E-state index contributed by atoms with van der Waals surface area (Å²) in [6.45, 7) is 5.43. The maximum atomic E-state index is 11.9. The number of nitrogens with one attached hydrogen (secondary N) is 2. The third-order valence-electron chi connectivity index (χ3n) is 3.47. The van der Waals surface area contributed by atoms with Crippen molar-refractivity contribution in [2.45, 2.75) is 19.8 Å². The minimum atomic E-state index is -0.535. The van der Waals surface area contributed by atoms with Gasteiger partial charge in [0.2, 0.25) is 0 Å². The lowest BCUT2D eigenvalue weighted by molar-refractivity contribution is 0.423. The standard InChI is InChI=1S/C14H15N5O2/c1-3-12-17-10(9-7-16-14(21)18-13(9)20)6-11(8-4-5-8)19(12)15-2/h3,6-8H,2,4-5H2,1H3,(H2,16,18,20,21)/b12-3-. The van der Waals surface area contributed by atoms with Crippen LogP contribution in [-0.2, 0) is 0 Å². The van der Waals surface area contributed by atoms with Crippen molar-refractivity contribution in [2.75, 3.05) is 0 Å². The molecule has 0 bridgehead atoms. The van der Waals surface area contributed by atoms with E-state index in [-0.39, 0.29) is 0 Å². The molecule has 1 aromatic rings. The maximum Gasteiger partial charge on any atom is 0.325 e. The van der Waals surface area contributed by atoms with Gasteiger partial charge in [0.25, 0.3) is 5.56 Å². The monoisotopic (exact) mass is 285 g/mol. The van der Waals surface area contributed by atoms with Gasteiger partial charge in [-0.2, -0.15) is 5.10 Å². The Morgan fingerprint density at radius 3 is 2.81 bits per heavy atom. The molecule has 1 aliphatic heterocycles. The van der Waals surface area contributed by atoms with Crippen LogP contribution in [0.3, 0.4) is 0 Å². The molecule has 2 N–H and O–H groups in total. The lowest BCUT2D eigenvalue weighted by Crippen LogP contribution is -2.29. The van der Waals surface area contributed by atoms with E-state index < -0.39 is 11.2 Å². The number of hydrogen-bond donors (Lipinski definition) is 2. The van der Waals surface area contributed by atoms with Crippen molar-refractivity contribution < 1.29 is 0 Å². The zero-order valence-corrected chi connectivity index (χ0v) is 11.6. The molecule has 2 aliphatic rings. The second-order valence-corrected chi connectivity index (χ2v) is 4.93. The normalized spacial score (nSPS) is 20.2. The maximum absolute atomic E-state index is 11.9. The fourth-order valence-corrected chi connectivity index (χ4v) is 2.29. The van der Waals surface area contributed by atoms with Crippen molar-refractivity contribution in [3.05, 3.63) is 56.3 Å². The van der Waals surface area contributed by atoms with E-state index in [1.165, 1.54) is 6.20 Å². The molecule has 7 nitrogen and oxygen atoms in total. The highest BCUT2D eigenvalue weighted by molar-refractivity contribution is 6.09. The number of aromatic nitrogens is 2. The predicted molar refractivity (Wildman–Crippen MR) is 80.2 cm³/mol. The summed E-state index contributed by atoms with van der Waals surface area (Å²) in [6.07, 6.45) is 7.20. The van der Waals surface area contributed by atoms with E-state index in [0.717, 1.165) is 18.5 Å². The molecule has 0 saturated heterocycles. The van der Waals surface area contributed by atoms with Crippen molar-refractivity contribution in [3.63, 3.8) is 0 Å². The quantitative estimate of drug-likeness (QED) is 0.809. The molecule has 3 rings (SSSR count). The van der Waals surface area contributed by atoms with Crippen LogP contribution in [0, 0.1) is 5.92 Å². The summed E-state index contributed by atoms with van der Waals surface area (Å²) >= 11 is 0. The second kappa shape index (κ2) is 5.01. The molecule has 1 aromatic heterocycles. The first kappa shape index (κ1) is 13.3. The Kier molecular flexibility index (Phi) is 3.17. The molecule has 108 valence electrons. The van der Waals surface area contributed by atoms with Gasteiger partial charge < -0.3 is 4.98 Å². The molecule has 0 atom stereocenters. The van der Waals surface area contributed by atoms with Crippen molar-refractivity contribution in [1.29, 1.82) is 0 Å². The summed E-state index contributed by atoms with van der Waals surface area (Å²) in [7, 11) is 0. The first-order valence-corrected chi connectivity index (χ1v) is 6.69. The zero-order valence-electron chi connectivity index (χ0n) is 11.6. The Morgan fingerprint density at radius 1 is 1.48 bits per heavy atom. The fraction of sp³-hybridized carbons (Fsp3) is 0.286. The van der Waals surface area contributed by atoms with Gasteiger partial charge in [0.05, 0.1) is 11.3 Å². The molecule has 7 heteroatoms. The number of H-pyrrole nitrogens is 2. The van der Waals surface area contributed by atoms with E-state index >= 15 is 0 Å². The van der Waals surface area contributed by atoms with E-state index in [0.29, 0.717) is 23.0 Å². The Hall–Kier alpha value is -2.70. The summed E-state index contributed by atoms with van der Waals surface area (Å²) in [6, 6.07) is 0. The lowest BCUT2D eigenvalue weighted by atomic mass is 10.1. The van der Waals surface area contributed by atoms with Crippen LogP contribution in [0.1, 0.15) is 25.3 Å². The van der Waals surface area contributed by atoms with E-state index in [2.05, 4.69) is 26.8 Å². The molecule has 1 aliphatic carbocycles. The Bertz CT molecular complexity index is 792. The van der Waals surface area contributed by atoms with Gasteiger partial charge in [-0.1, -0.05) is 0 Å². The average molecular weight is 285 g/mol. The zero-order chi connectivity index (χ0) is 15.0. The summed E-state index contributed by atoms with van der Waals surface area (Å²) in [5.74, 6) is 1.03. The van der Waals surface area contributed by atoms with Gasteiger partial charge in [0.15, 0.2) is 0 Å². The highest BCUT2D eigenvalue weighted by atomic mass is 16.2. The molecule has 2 heterocycles. The summed E-state index contributed by atoms with van der Waals surface area (Å²) in [5.41, 5.74) is 0.832. The molecule has 0 spiro atoms. The molecular formula is C14H15N5O2. The van der Waals surface area contributed by atoms with Crippen LogP contribution in [0.5, 0.6) is 0 Å². The highest BCUT2D eigenvalue weighted by Crippen LogP contribution is 2.41. The molecule has 21 heavy (non-hydrogen) atoms. The van der Waals surface area contributed by atoms with Gasteiger partial charge in [0.1, 0.15) is 5.82 Å². The first-order chi connectivity index (χ1) is 10.1. The second-order valence-electron chi connectivity index (χ2n) is 4.93. The SMILES string of the molecule is C=NN1C(C2CC2)=CC(c2c[nH]c(=O)[nH]c2=O)=N/C1=C/C. The van der Waals surface area contributed by atoms with E-state index in [9.17, 15) is 9.59 Å². The molecule has 0 aromatic carbocycles. The Labute approximate surface area is 120 Å². The van der Waals surface area contributed by atoms with Crippen LogP contribution in [-0.4, -0.2) is 27.4 Å². The fourth-order valence-electron chi connectivity index (χ4n) is 2.29. The Morgan fingerprint density at radius 2 is 2.24 bits per heavy atom. The summed E-state index contributed by atoms with van der Waals surface area (Å²) in [4.78, 5) is 32.1. The van der Waals surface area contributed by atoms with Crippen LogP contribution in [0.15, 0.2) is 49.5 Å². The molecule has 1 saturated carbocycles. The van der Waals surface area contributed by atoms with E-state index in [4.69, 9.17) is 0 Å². The predicted octanol–water partition coefficient (Wildman–Crippen LogP) is 0.939. The van der Waals surface area contributed by atoms with E-state index in [1.54, 1.807) is 5.01 Å². The number of aliphatic imine (C=N–C) groups is 1.